The molecule has 3 heteroatoms. The standard InChI is InChI=1S/C23H33FN2/c1-10-12-13-22(16(3)25-8)26(9)17(4)20-14-18(24)15-21(19(20)11-2)23(5,6)7/h10-11,14-15,22,25H,1-4,12-13H2,5-9H3. The number of benzene rings is 1. The third kappa shape index (κ3) is 4.87. The van der Waals surface area contributed by atoms with Crippen LogP contribution in [0.1, 0.15) is 50.3 Å². The van der Waals surface area contributed by atoms with Crippen LogP contribution in [0.15, 0.2) is 50.2 Å². The topological polar surface area (TPSA) is 15.3 Å². The zero-order valence-electron chi connectivity index (χ0n) is 17.0. The Morgan fingerprint density at radius 2 is 1.88 bits per heavy atom. The summed E-state index contributed by atoms with van der Waals surface area (Å²) in [6, 6.07) is 3.16. The average molecular weight is 357 g/mol. The third-order valence-electron chi connectivity index (χ3n) is 4.73. The van der Waals surface area contributed by atoms with Crippen LogP contribution in [0.5, 0.6) is 0 Å². The summed E-state index contributed by atoms with van der Waals surface area (Å²) in [5, 5.41) is 3.13. The Hall–Kier alpha value is -2.29. The second-order valence-electron chi connectivity index (χ2n) is 7.58. The van der Waals surface area contributed by atoms with E-state index in [4.69, 9.17) is 0 Å². The van der Waals surface area contributed by atoms with Gasteiger partial charge in [-0.2, -0.15) is 0 Å². The minimum absolute atomic E-state index is 0.0320. The van der Waals surface area contributed by atoms with Crippen LogP contribution in [0.3, 0.4) is 0 Å². The van der Waals surface area contributed by atoms with Gasteiger partial charge in [0.2, 0.25) is 0 Å². The first-order valence-electron chi connectivity index (χ1n) is 8.94. The number of halogens is 1. The molecule has 1 unspecified atom stereocenters. The molecule has 0 fully saturated rings. The number of hydrogen-bond acceptors (Lipinski definition) is 2. The van der Waals surface area contributed by atoms with Crippen LogP contribution < -0.4 is 5.32 Å². The molecule has 0 aliphatic carbocycles. The molecule has 0 aromatic heterocycles. The molecule has 1 aromatic rings. The summed E-state index contributed by atoms with van der Waals surface area (Å²) in [4.78, 5) is 2.05. The molecular formula is C23H33FN2. The van der Waals surface area contributed by atoms with Crippen LogP contribution in [-0.4, -0.2) is 25.0 Å². The molecule has 2 nitrogen and oxygen atoms in total. The lowest BCUT2D eigenvalue weighted by Crippen LogP contribution is -2.35. The molecule has 0 saturated carbocycles. The number of allylic oxidation sites excluding steroid dienone is 1. The fourth-order valence-corrected chi connectivity index (χ4v) is 3.12. The van der Waals surface area contributed by atoms with Crippen LogP contribution in [0.2, 0.25) is 0 Å². The second kappa shape index (κ2) is 8.88. The highest BCUT2D eigenvalue weighted by Crippen LogP contribution is 2.34. The molecule has 1 aromatic carbocycles. The summed E-state index contributed by atoms with van der Waals surface area (Å²) in [6.45, 7) is 22.4. The number of hydrogen-bond donors (Lipinski definition) is 1. The summed E-state index contributed by atoms with van der Waals surface area (Å²) in [7, 11) is 3.82. The lowest BCUT2D eigenvalue weighted by atomic mass is 9.81. The predicted molar refractivity (Wildman–Crippen MR) is 113 cm³/mol. The van der Waals surface area contributed by atoms with E-state index in [9.17, 15) is 4.39 Å². The zero-order valence-corrected chi connectivity index (χ0v) is 17.0. The van der Waals surface area contributed by atoms with Gasteiger partial charge in [-0.3, -0.25) is 0 Å². The van der Waals surface area contributed by atoms with Crippen molar-refractivity contribution >= 4 is 11.8 Å². The normalized spacial score (nSPS) is 12.2. The van der Waals surface area contributed by atoms with Gasteiger partial charge < -0.3 is 10.2 Å². The van der Waals surface area contributed by atoms with Crippen LogP contribution in [0, 0.1) is 5.82 Å². The molecule has 26 heavy (non-hydrogen) atoms. The molecule has 0 bridgehead atoms. The summed E-state index contributed by atoms with van der Waals surface area (Å²) in [6.07, 6.45) is 5.39. The monoisotopic (exact) mass is 356 g/mol. The maximum absolute atomic E-state index is 14.4. The van der Waals surface area contributed by atoms with Crippen molar-refractivity contribution in [3.8, 4) is 0 Å². The summed E-state index contributed by atoms with van der Waals surface area (Å²) in [5.41, 5.74) is 4.05. The van der Waals surface area contributed by atoms with Crippen molar-refractivity contribution in [1.82, 2.24) is 10.2 Å². The van der Waals surface area contributed by atoms with E-state index in [0.29, 0.717) is 0 Å². The van der Waals surface area contributed by atoms with Gasteiger partial charge in [-0.1, -0.05) is 52.7 Å². The van der Waals surface area contributed by atoms with Crippen molar-refractivity contribution in [2.45, 2.75) is 45.1 Å². The van der Waals surface area contributed by atoms with E-state index in [0.717, 1.165) is 40.9 Å². The van der Waals surface area contributed by atoms with Gasteiger partial charge in [-0.15, -0.1) is 6.58 Å². The highest BCUT2D eigenvalue weighted by Gasteiger charge is 2.25. The van der Waals surface area contributed by atoms with E-state index in [2.05, 4.69) is 57.3 Å². The van der Waals surface area contributed by atoms with E-state index < -0.39 is 0 Å². The largest absolute Gasteiger partial charge is 0.390 e. The Morgan fingerprint density at radius 3 is 2.35 bits per heavy atom. The maximum Gasteiger partial charge on any atom is 0.124 e. The van der Waals surface area contributed by atoms with Crippen LogP contribution >= 0.6 is 0 Å². The highest BCUT2D eigenvalue weighted by molar-refractivity contribution is 5.74. The minimum atomic E-state index is -0.264. The average Bonchev–Trinajstić information content (AvgIpc) is 2.59. The molecule has 0 radical (unpaired) electrons. The minimum Gasteiger partial charge on any atom is -0.390 e. The van der Waals surface area contributed by atoms with Crippen molar-refractivity contribution in [3.63, 3.8) is 0 Å². The molecule has 0 aliphatic heterocycles. The fraction of sp³-hybridized carbons (Fsp3) is 0.391. The Bertz CT molecular complexity index is 695. The van der Waals surface area contributed by atoms with E-state index >= 15 is 0 Å². The quantitative estimate of drug-likeness (QED) is 0.568. The summed E-state index contributed by atoms with van der Waals surface area (Å²) >= 11 is 0. The number of nitrogens with one attached hydrogen (secondary N) is 1. The van der Waals surface area contributed by atoms with Gasteiger partial charge in [0.1, 0.15) is 5.82 Å². The van der Waals surface area contributed by atoms with E-state index in [-0.39, 0.29) is 17.3 Å². The molecular weight excluding hydrogens is 323 g/mol. The number of likely N-dealkylation sites (N-methyl/N-ethyl adjacent to an activating group) is 2. The van der Waals surface area contributed by atoms with Crippen molar-refractivity contribution in [2.24, 2.45) is 0 Å². The zero-order chi connectivity index (χ0) is 20.1. The van der Waals surface area contributed by atoms with Crippen LogP contribution in [-0.2, 0) is 5.41 Å². The highest BCUT2D eigenvalue weighted by atomic mass is 19.1. The second-order valence-corrected chi connectivity index (χ2v) is 7.58. The lowest BCUT2D eigenvalue weighted by Gasteiger charge is -2.34. The van der Waals surface area contributed by atoms with Crippen molar-refractivity contribution in [1.29, 1.82) is 0 Å². The van der Waals surface area contributed by atoms with Crippen LogP contribution in [0.4, 0.5) is 4.39 Å². The Kier molecular flexibility index (Phi) is 7.43. The number of nitrogens with zero attached hydrogens (tertiary/aromatic N) is 1. The van der Waals surface area contributed by atoms with Gasteiger partial charge in [0.25, 0.3) is 0 Å². The summed E-state index contributed by atoms with van der Waals surface area (Å²) in [5.74, 6) is -0.264. The molecule has 0 amide bonds. The number of rotatable bonds is 9. The Labute approximate surface area is 158 Å². The predicted octanol–water partition coefficient (Wildman–Crippen LogP) is 5.74. The molecule has 0 spiro atoms. The van der Waals surface area contributed by atoms with Gasteiger partial charge in [-0.05, 0) is 41.5 Å². The molecule has 1 rings (SSSR count). The SMILES string of the molecule is C=CCCC(C(=C)NC)N(C)C(=C)c1cc(F)cc(C(C)(C)C)c1C=C. The van der Waals surface area contributed by atoms with E-state index in [1.54, 1.807) is 12.1 Å². The molecule has 142 valence electrons. The molecule has 1 N–H and O–H groups in total. The van der Waals surface area contributed by atoms with Gasteiger partial charge in [0.05, 0.1) is 6.04 Å². The molecule has 1 atom stereocenters. The first-order chi connectivity index (χ1) is 12.1. The Balaban J connectivity index is 3.42. The summed E-state index contributed by atoms with van der Waals surface area (Å²) < 4.78 is 14.4. The lowest BCUT2D eigenvalue weighted by molar-refractivity contribution is 0.361. The van der Waals surface area contributed by atoms with Crippen molar-refractivity contribution < 1.29 is 4.39 Å². The third-order valence-corrected chi connectivity index (χ3v) is 4.73. The first-order valence-corrected chi connectivity index (χ1v) is 8.94. The Morgan fingerprint density at radius 1 is 1.27 bits per heavy atom. The van der Waals surface area contributed by atoms with E-state index in [1.165, 1.54) is 6.07 Å². The van der Waals surface area contributed by atoms with E-state index in [1.807, 2.05) is 20.2 Å². The molecule has 0 aliphatic rings. The van der Waals surface area contributed by atoms with Crippen LogP contribution in [0.25, 0.3) is 11.8 Å². The van der Waals surface area contributed by atoms with Crippen molar-refractivity contribution in [2.75, 3.05) is 14.1 Å². The van der Waals surface area contributed by atoms with Gasteiger partial charge >= 0.3 is 0 Å². The first kappa shape index (κ1) is 21.8. The van der Waals surface area contributed by atoms with Gasteiger partial charge in [0, 0.05) is 31.1 Å². The fourth-order valence-electron chi connectivity index (χ4n) is 3.12. The van der Waals surface area contributed by atoms with Gasteiger partial charge in [-0.25, -0.2) is 4.39 Å². The smallest absolute Gasteiger partial charge is 0.124 e. The van der Waals surface area contributed by atoms with Crippen molar-refractivity contribution in [3.05, 3.63) is 72.7 Å². The maximum atomic E-state index is 14.4. The van der Waals surface area contributed by atoms with Gasteiger partial charge in [0.15, 0.2) is 0 Å². The molecule has 0 heterocycles. The molecule has 0 saturated heterocycles.